The molecule has 21 heavy (non-hydrogen) atoms. The molecule has 124 valence electrons. The van der Waals surface area contributed by atoms with Crippen LogP contribution in [0, 0.1) is 11.8 Å². The van der Waals surface area contributed by atoms with Crippen molar-refractivity contribution in [2.45, 2.75) is 110 Å². The van der Waals surface area contributed by atoms with Gasteiger partial charge in [0.25, 0.3) is 0 Å². The van der Waals surface area contributed by atoms with Crippen LogP contribution in [0.25, 0.3) is 0 Å². The smallest absolute Gasteiger partial charge is 0.0205 e. The molecule has 0 heteroatoms. The maximum atomic E-state index is 2.58. The van der Waals surface area contributed by atoms with Gasteiger partial charge in [0, 0.05) is 0 Å². The van der Waals surface area contributed by atoms with Gasteiger partial charge in [0.15, 0.2) is 0 Å². The lowest BCUT2D eigenvalue weighted by Gasteiger charge is -2.16. The van der Waals surface area contributed by atoms with Crippen molar-refractivity contribution in [3.05, 3.63) is 12.2 Å². The Morgan fingerprint density at radius 2 is 1.43 bits per heavy atom. The van der Waals surface area contributed by atoms with Gasteiger partial charge < -0.3 is 0 Å². The van der Waals surface area contributed by atoms with Gasteiger partial charge in [-0.05, 0) is 43.9 Å². The van der Waals surface area contributed by atoms with Crippen LogP contribution in [0.5, 0.6) is 0 Å². The highest BCUT2D eigenvalue weighted by Gasteiger charge is 2.24. The zero-order chi connectivity index (χ0) is 15.2. The first-order valence-electron chi connectivity index (χ1n) is 10.0. The molecule has 0 aromatic heterocycles. The van der Waals surface area contributed by atoms with Crippen LogP contribution in [0.4, 0.5) is 0 Å². The van der Waals surface area contributed by atoms with E-state index in [1.54, 1.807) is 0 Å². The van der Waals surface area contributed by atoms with E-state index in [1.807, 2.05) is 0 Å². The molecule has 0 nitrogen and oxygen atoms in total. The van der Waals surface area contributed by atoms with E-state index >= 15 is 0 Å². The minimum Gasteiger partial charge on any atom is -0.0882 e. The first-order valence-corrected chi connectivity index (χ1v) is 10.0. The summed E-state index contributed by atoms with van der Waals surface area (Å²) in [6.07, 6.45) is 26.6. The molecule has 1 aliphatic carbocycles. The summed E-state index contributed by atoms with van der Waals surface area (Å²) in [4.78, 5) is 0. The Morgan fingerprint density at radius 3 is 2.19 bits per heavy atom. The second-order valence-corrected chi connectivity index (χ2v) is 7.19. The van der Waals surface area contributed by atoms with Crippen molar-refractivity contribution < 1.29 is 0 Å². The van der Waals surface area contributed by atoms with E-state index in [0.717, 1.165) is 11.8 Å². The SMILES string of the molecule is CCCCCCC=C[C@H]1CCC[C@@H]1CCCCCCCC. The highest BCUT2D eigenvalue weighted by atomic mass is 14.3. The predicted molar refractivity (Wildman–Crippen MR) is 96.7 cm³/mol. The summed E-state index contributed by atoms with van der Waals surface area (Å²) >= 11 is 0. The molecule has 1 saturated carbocycles. The molecule has 1 rings (SSSR count). The number of allylic oxidation sites excluding steroid dienone is 2. The van der Waals surface area contributed by atoms with Gasteiger partial charge in [-0.2, -0.15) is 0 Å². The van der Waals surface area contributed by atoms with E-state index in [4.69, 9.17) is 0 Å². The van der Waals surface area contributed by atoms with E-state index in [2.05, 4.69) is 26.0 Å². The summed E-state index contributed by atoms with van der Waals surface area (Å²) < 4.78 is 0. The summed E-state index contributed by atoms with van der Waals surface area (Å²) in [7, 11) is 0. The maximum Gasteiger partial charge on any atom is -0.0205 e. The molecule has 0 saturated heterocycles. The van der Waals surface area contributed by atoms with Crippen molar-refractivity contribution in [1.82, 2.24) is 0 Å². The highest BCUT2D eigenvalue weighted by Crippen LogP contribution is 2.36. The van der Waals surface area contributed by atoms with Crippen LogP contribution >= 0.6 is 0 Å². The van der Waals surface area contributed by atoms with E-state index in [9.17, 15) is 0 Å². The number of rotatable bonds is 13. The van der Waals surface area contributed by atoms with Crippen LogP contribution in [0.2, 0.25) is 0 Å². The summed E-state index contributed by atoms with van der Waals surface area (Å²) in [5, 5.41) is 0. The third-order valence-electron chi connectivity index (χ3n) is 5.25. The van der Waals surface area contributed by atoms with Crippen LogP contribution < -0.4 is 0 Å². The molecule has 0 amide bonds. The van der Waals surface area contributed by atoms with Gasteiger partial charge in [-0.25, -0.2) is 0 Å². The van der Waals surface area contributed by atoms with Gasteiger partial charge in [0.2, 0.25) is 0 Å². The first-order chi connectivity index (χ1) is 10.4. The molecule has 0 radical (unpaired) electrons. The van der Waals surface area contributed by atoms with Crippen LogP contribution in [-0.2, 0) is 0 Å². The van der Waals surface area contributed by atoms with Gasteiger partial charge in [-0.15, -0.1) is 0 Å². The lowest BCUT2D eigenvalue weighted by atomic mass is 9.90. The average Bonchev–Trinajstić information content (AvgIpc) is 2.94. The third kappa shape index (κ3) is 9.38. The lowest BCUT2D eigenvalue weighted by molar-refractivity contribution is 0.402. The standard InChI is InChI=1S/C21H40/c1-3-5-7-9-11-13-16-20-18-15-19-21(20)17-14-12-10-8-6-4-2/h13,16,20-21H,3-12,14-15,17-19H2,1-2H3/t20-,21-/m0/s1. The average molecular weight is 293 g/mol. The molecule has 0 bridgehead atoms. The van der Waals surface area contributed by atoms with Crippen molar-refractivity contribution in [3.8, 4) is 0 Å². The van der Waals surface area contributed by atoms with Crippen molar-refractivity contribution >= 4 is 0 Å². The Morgan fingerprint density at radius 1 is 0.762 bits per heavy atom. The fourth-order valence-electron chi connectivity index (χ4n) is 3.82. The largest absolute Gasteiger partial charge is 0.0882 e. The molecule has 0 aliphatic heterocycles. The Balaban J connectivity index is 2.06. The second-order valence-electron chi connectivity index (χ2n) is 7.19. The summed E-state index contributed by atoms with van der Waals surface area (Å²) in [5.74, 6) is 1.94. The molecule has 0 N–H and O–H groups in total. The molecule has 0 aromatic rings. The lowest BCUT2D eigenvalue weighted by Crippen LogP contribution is -2.05. The Bertz CT molecular complexity index is 240. The van der Waals surface area contributed by atoms with Crippen LogP contribution in [0.15, 0.2) is 12.2 Å². The first kappa shape index (κ1) is 18.8. The molecule has 0 unspecified atom stereocenters. The number of hydrogen-bond donors (Lipinski definition) is 0. The van der Waals surface area contributed by atoms with Gasteiger partial charge in [0.05, 0.1) is 0 Å². The monoisotopic (exact) mass is 292 g/mol. The normalized spacial score (nSPS) is 22.4. The molecule has 0 spiro atoms. The van der Waals surface area contributed by atoms with Gasteiger partial charge in [-0.1, -0.05) is 90.2 Å². The molecule has 0 heterocycles. The topological polar surface area (TPSA) is 0 Å². The van der Waals surface area contributed by atoms with Crippen molar-refractivity contribution in [2.75, 3.05) is 0 Å². The summed E-state index contributed by atoms with van der Waals surface area (Å²) in [5.41, 5.74) is 0. The van der Waals surface area contributed by atoms with Gasteiger partial charge in [-0.3, -0.25) is 0 Å². The summed E-state index contributed by atoms with van der Waals surface area (Å²) in [6, 6.07) is 0. The minimum atomic E-state index is 0.923. The predicted octanol–water partition coefficient (Wildman–Crippen LogP) is 7.68. The Kier molecular flexibility index (Phi) is 12.0. The maximum absolute atomic E-state index is 2.58. The van der Waals surface area contributed by atoms with E-state index in [0.29, 0.717) is 0 Å². The molecule has 2 atom stereocenters. The Hall–Kier alpha value is -0.260. The van der Waals surface area contributed by atoms with E-state index in [1.165, 1.54) is 96.3 Å². The third-order valence-corrected chi connectivity index (χ3v) is 5.25. The summed E-state index contributed by atoms with van der Waals surface area (Å²) in [6.45, 7) is 4.60. The highest BCUT2D eigenvalue weighted by molar-refractivity contribution is 4.94. The molecule has 1 fully saturated rings. The van der Waals surface area contributed by atoms with Crippen LogP contribution in [0.3, 0.4) is 0 Å². The fourth-order valence-corrected chi connectivity index (χ4v) is 3.82. The van der Waals surface area contributed by atoms with Crippen LogP contribution in [-0.4, -0.2) is 0 Å². The minimum absolute atomic E-state index is 0.923. The van der Waals surface area contributed by atoms with E-state index in [-0.39, 0.29) is 0 Å². The zero-order valence-electron chi connectivity index (χ0n) is 14.9. The zero-order valence-corrected chi connectivity index (χ0v) is 14.9. The molecule has 1 aliphatic rings. The molecular formula is C21H40. The molecular weight excluding hydrogens is 252 g/mol. The Labute approximate surface area is 134 Å². The fraction of sp³-hybridized carbons (Fsp3) is 0.905. The van der Waals surface area contributed by atoms with Crippen LogP contribution in [0.1, 0.15) is 110 Å². The van der Waals surface area contributed by atoms with Gasteiger partial charge >= 0.3 is 0 Å². The quantitative estimate of drug-likeness (QED) is 0.241. The number of unbranched alkanes of at least 4 members (excludes halogenated alkanes) is 9. The van der Waals surface area contributed by atoms with Gasteiger partial charge in [0.1, 0.15) is 0 Å². The van der Waals surface area contributed by atoms with E-state index < -0.39 is 0 Å². The molecule has 0 aromatic carbocycles. The van der Waals surface area contributed by atoms with Crippen molar-refractivity contribution in [2.24, 2.45) is 11.8 Å². The second kappa shape index (κ2) is 13.4. The van der Waals surface area contributed by atoms with Crippen molar-refractivity contribution in [3.63, 3.8) is 0 Å². The number of hydrogen-bond acceptors (Lipinski definition) is 0. The van der Waals surface area contributed by atoms with Crippen molar-refractivity contribution in [1.29, 1.82) is 0 Å².